The summed E-state index contributed by atoms with van der Waals surface area (Å²) >= 11 is 0. The van der Waals surface area contributed by atoms with E-state index in [2.05, 4.69) is 5.32 Å². The van der Waals surface area contributed by atoms with Gasteiger partial charge in [0.2, 0.25) is 0 Å². The SMILES string of the molecule is COC1CCC(NCCC2CCCN2C(=O)OC(C)(C)C)CC1. The molecule has 0 bridgehead atoms. The zero-order chi connectivity index (χ0) is 16.9. The molecule has 1 amide bonds. The second kappa shape index (κ2) is 8.34. The molecule has 1 heterocycles. The lowest BCUT2D eigenvalue weighted by atomic mass is 9.93. The number of methoxy groups -OCH3 is 1. The fraction of sp³-hybridized carbons (Fsp3) is 0.944. The zero-order valence-electron chi connectivity index (χ0n) is 15.3. The van der Waals surface area contributed by atoms with E-state index < -0.39 is 5.60 Å². The summed E-state index contributed by atoms with van der Waals surface area (Å²) in [7, 11) is 1.81. The number of nitrogens with one attached hydrogen (secondary N) is 1. The Morgan fingerprint density at radius 2 is 1.87 bits per heavy atom. The third-order valence-electron chi connectivity index (χ3n) is 4.92. The first-order chi connectivity index (χ1) is 10.9. The summed E-state index contributed by atoms with van der Waals surface area (Å²) in [6, 6.07) is 0.936. The molecule has 5 heteroatoms. The average molecular weight is 326 g/mol. The molecule has 1 atom stereocenters. The number of hydrogen-bond acceptors (Lipinski definition) is 4. The van der Waals surface area contributed by atoms with Gasteiger partial charge in [-0.2, -0.15) is 0 Å². The average Bonchev–Trinajstić information content (AvgIpc) is 2.95. The van der Waals surface area contributed by atoms with Crippen LogP contribution < -0.4 is 5.32 Å². The number of nitrogens with zero attached hydrogens (tertiary/aromatic N) is 1. The van der Waals surface area contributed by atoms with Crippen LogP contribution in [0.4, 0.5) is 4.79 Å². The highest BCUT2D eigenvalue weighted by Crippen LogP contribution is 2.24. The molecule has 0 radical (unpaired) electrons. The van der Waals surface area contributed by atoms with Crippen molar-refractivity contribution in [3.8, 4) is 0 Å². The highest BCUT2D eigenvalue weighted by molar-refractivity contribution is 5.68. The van der Waals surface area contributed by atoms with Gasteiger partial charge in [-0.1, -0.05) is 0 Å². The molecule has 2 aliphatic rings. The van der Waals surface area contributed by atoms with E-state index in [9.17, 15) is 4.79 Å². The third-order valence-corrected chi connectivity index (χ3v) is 4.92. The number of rotatable bonds is 5. The van der Waals surface area contributed by atoms with Gasteiger partial charge in [-0.05, 0) is 72.3 Å². The molecule has 0 aromatic heterocycles. The predicted octanol–water partition coefficient (Wildman–Crippen LogP) is 3.32. The summed E-state index contributed by atoms with van der Waals surface area (Å²) in [5.74, 6) is 0. The van der Waals surface area contributed by atoms with Gasteiger partial charge in [0.15, 0.2) is 0 Å². The Kier molecular flexibility index (Phi) is 6.72. The van der Waals surface area contributed by atoms with Crippen molar-refractivity contribution in [2.24, 2.45) is 0 Å². The fourth-order valence-electron chi connectivity index (χ4n) is 3.65. The van der Waals surface area contributed by atoms with E-state index in [-0.39, 0.29) is 6.09 Å². The summed E-state index contributed by atoms with van der Waals surface area (Å²) < 4.78 is 10.9. The van der Waals surface area contributed by atoms with Crippen LogP contribution in [0.25, 0.3) is 0 Å². The molecular formula is C18H34N2O3. The van der Waals surface area contributed by atoms with Crippen LogP contribution in [0.15, 0.2) is 0 Å². The lowest BCUT2D eigenvalue weighted by molar-refractivity contribution is 0.0219. The van der Waals surface area contributed by atoms with Gasteiger partial charge in [0.25, 0.3) is 0 Å². The molecule has 0 aromatic carbocycles. The third kappa shape index (κ3) is 5.96. The molecule has 1 N–H and O–H groups in total. The Morgan fingerprint density at radius 1 is 1.17 bits per heavy atom. The van der Waals surface area contributed by atoms with Crippen molar-refractivity contribution >= 4 is 6.09 Å². The standard InChI is InChI=1S/C18H34N2O3/c1-18(2,3)23-17(21)20-13-5-6-15(20)11-12-19-14-7-9-16(22-4)10-8-14/h14-16,19H,5-13H2,1-4H3. The van der Waals surface area contributed by atoms with Gasteiger partial charge in [0.05, 0.1) is 6.10 Å². The summed E-state index contributed by atoms with van der Waals surface area (Å²) in [5, 5.41) is 3.67. The van der Waals surface area contributed by atoms with Crippen LogP contribution in [0.1, 0.15) is 65.7 Å². The second-order valence-corrected chi connectivity index (χ2v) is 7.92. The van der Waals surface area contributed by atoms with Crippen molar-refractivity contribution < 1.29 is 14.3 Å². The maximum atomic E-state index is 12.3. The lowest BCUT2D eigenvalue weighted by Crippen LogP contribution is -2.42. The van der Waals surface area contributed by atoms with Crippen LogP contribution in [0, 0.1) is 0 Å². The van der Waals surface area contributed by atoms with Gasteiger partial charge in [-0.3, -0.25) is 0 Å². The summed E-state index contributed by atoms with van der Waals surface area (Å²) in [5.41, 5.74) is -0.414. The molecule has 1 saturated carbocycles. The summed E-state index contributed by atoms with van der Waals surface area (Å²) in [6.07, 6.45) is 8.19. The minimum atomic E-state index is -0.414. The molecule has 5 nitrogen and oxygen atoms in total. The topological polar surface area (TPSA) is 50.8 Å². The minimum absolute atomic E-state index is 0.152. The van der Waals surface area contributed by atoms with Gasteiger partial charge in [-0.15, -0.1) is 0 Å². The highest BCUT2D eigenvalue weighted by Gasteiger charge is 2.32. The smallest absolute Gasteiger partial charge is 0.410 e. The number of likely N-dealkylation sites (tertiary alicyclic amines) is 1. The minimum Gasteiger partial charge on any atom is -0.444 e. The summed E-state index contributed by atoms with van der Waals surface area (Å²) in [6.45, 7) is 7.58. The monoisotopic (exact) mass is 326 g/mol. The van der Waals surface area contributed by atoms with Crippen molar-refractivity contribution in [2.75, 3.05) is 20.2 Å². The van der Waals surface area contributed by atoms with E-state index in [1.807, 2.05) is 32.8 Å². The number of carbonyl (C=O) groups is 1. The maximum absolute atomic E-state index is 12.3. The van der Waals surface area contributed by atoms with Crippen molar-refractivity contribution in [1.29, 1.82) is 0 Å². The van der Waals surface area contributed by atoms with Crippen LogP contribution >= 0.6 is 0 Å². The first-order valence-corrected chi connectivity index (χ1v) is 9.15. The first kappa shape index (κ1) is 18.5. The fourth-order valence-corrected chi connectivity index (χ4v) is 3.65. The molecule has 1 aliphatic heterocycles. The number of hydrogen-bond donors (Lipinski definition) is 1. The molecular weight excluding hydrogens is 292 g/mol. The molecule has 0 aromatic rings. The first-order valence-electron chi connectivity index (χ1n) is 9.15. The zero-order valence-corrected chi connectivity index (χ0v) is 15.3. The largest absolute Gasteiger partial charge is 0.444 e. The van der Waals surface area contributed by atoms with Crippen molar-refractivity contribution in [1.82, 2.24) is 10.2 Å². The Labute approximate surface area is 141 Å². The van der Waals surface area contributed by atoms with E-state index in [4.69, 9.17) is 9.47 Å². The summed E-state index contributed by atoms with van der Waals surface area (Å²) in [4.78, 5) is 14.2. The second-order valence-electron chi connectivity index (χ2n) is 7.92. The van der Waals surface area contributed by atoms with Gasteiger partial charge in [-0.25, -0.2) is 4.79 Å². The van der Waals surface area contributed by atoms with E-state index in [0.717, 1.165) is 45.2 Å². The van der Waals surface area contributed by atoms with E-state index >= 15 is 0 Å². The molecule has 1 saturated heterocycles. The van der Waals surface area contributed by atoms with E-state index in [0.29, 0.717) is 18.2 Å². The Morgan fingerprint density at radius 3 is 2.48 bits per heavy atom. The Balaban J connectivity index is 1.69. The van der Waals surface area contributed by atoms with Crippen LogP contribution in [-0.4, -0.2) is 55.0 Å². The molecule has 2 fully saturated rings. The highest BCUT2D eigenvalue weighted by atomic mass is 16.6. The van der Waals surface area contributed by atoms with Gasteiger partial charge < -0.3 is 19.7 Å². The van der Waals surface area contributed by atoms with Gasteiger partial charge in [0.1, 0.15) is 5.60 Å². The van der Waals surface area contributed by atoms with Crippen molar-refractivity contribution in [2.45, 2.75) is 89.5 Å². The number of carbonyl (C=O) groups excluding carboxylic acids is 1. The normalized spacial score (nSPS) is 28.9. The van der Waals surface area contributed by atoms with Crippen LogP contribution in [-0.2, 0) is 9.47 Å². The number of ether oxygens (including phenoxy) is 2. The van der Waals surface area contributed by atoms with E-state index in [1.54, 1.807) is 0 Å². The van der Waals surface area contributed by atoms with Crippen molar-refractivity contribution in [3.63, 3.8) is 0 Å². The predicted molar refractivity (Wildman–Crippen MR) is 91.6 cm³/mol. The van der Waals surface area contributed by atoms with Crippen LogP contribution in [0.3, 0.4) is 0 Å². The maximum Gasteiger partial charge on any atom is 0.410 e. The van der Waals surface area contributed by atoms with Crippen LogP contribution in [0.2, 0.25) is 0 Å². The van der Waals surface area contributed by atoms with Gasteiger partial charge in [0, 0.05) is 25.7 Å². The Hall–Kier alpha value is -0.810. The molecule has 1 unspecified atom stereocenters. The molecule has 1 aliphatic carbocycles. The Bertz CT molecular complexity index is 373. The molecule has 0 spiro atoms. The lowest BCUT2D eigenvalue weighted by Gasteiger charge is -2.30. The quantitative estimate of drug-likeness (QED) is 0.842. The van der Waals surface area contributed by atoms with E-state index in [1.165, 1.54) is 12.8 Å². The van der Waals surface area contributed by atoms with Crippen LogP contribution in [0.5, 0.6) is 0 Å². The van der Waals surface area contributed by atoms with Crippen molar-refractivity contribution in [3.05, 3.63) is 0 Å². The molecule has 2 rings (SSSR count). The van der Waals surface area contributed by atoms with Gasteiger partial charge >= 0.3 is 6.09 Å². The molecule has 134 valence electrons. The number of amides is 1. The molecule has 23 heavy (non-hydrogen) atoms.